The molecule has 0 saturated carbocycles. The van der Waals surface area contributed by atoms with Gasteiger partial charge in [-0.15, -0.1) is 0 Å². The molecule has 1 rings (SSSR count). The zero-order valence-electron chi connectivity index (χ0n) is 8.62. The lowest BCUT2D eigenvalue weighted by molar-refractivity contribution is -0.169. The van der Waals surface area contributed by atoms with Crippen molar-refractivity contribution < 1.29 is 36.7 Å². The predicted octanol–water partition coefficient (Wildman–Crippen LogP) is 1.49. The normalized spacial score (nSPS) is 11.6. The molecule has 0 saturated heterocycles. The first kappa shape index (κ1) is 14.0. The summed E-state index contributed by atoms with van der Waals surface area (Å²) in [5.41, 5.74) is 0. The Labute approximate surface area is 97.4 Å². The van der Waals surface area contributed by atoms with E-state index in [1.807, 2.05) is 0 Å². The topological polar surface area (TPSA) is 79.5 Å². The van der Waals surface area contributed by atoms with Crippen LogP contribution in [0.25, 0.3) is 0 Å². The van der Waals surface area contributed by atoms with Gasteiger partial charge in [0.15, 0.2) is 0 Å². The number of carbonyl (C=O) groups is 2. The van der Waals surface area contributed by atoms with Gasteiger partial charge in [-0.3, -0.25) is 4.79 Å². The zero-order valence-corrected chi connectivity index (χ0v) is 8.62. The summed E-state index contributed by atoms with van der Waals surface area (Å²) >= 11 is 0. The van der Waals surface area contributed by atoms with E-state index in [0.717, 1.165) is 12.1 Å². The summed E-state index contributed by atoms with van der Waals surface area (Å²) < 4.78 is 53.2. The number of carboxylic acids is 1. The van der Waals surface area contributed by atoms with Crippen LogP contribution in [0.3, 0.4) is 0 Å². The molecule has 0 unspecified atom stereocenters. The van der Waals surface area contributed by atoms with E-state index in [2.05, 4.69) is 4.42 Å². The van der Waals surface area contributed by atoms with Crippen LogP contribution in [0.2, 0.25) is 0 Å². The van der Waals surface area contributed by atoms with Gasteiger partial charge in [-0.1, -0.05) is 0 Å². The van der Waals surface area contributed by atoms with Crippen LogP contribution in [0.4, 0.5) is 17.6 Å². The molecule has 1 amide bonds. The number of carbonyl (C=O) groups excluding carboxylic acids is 1. The molecule has 1 aromatic heterocycles. The van der Waals surface area contributed by atoms with Crippen LogP contribution in [0.15, 0.2) is 16.5 Å². The maximum absolute atomic E-state index is 12.5. The molecule has 1 heterocycles. The van der Waals surface area contributed by atoms with Crippen LogP contribution < -0.4 is 5.32 Å². The van der Waals surface area contributed by atoms with Gasteiger partial charge in [-0.25, -0.2) is 13.6 Å². The lowest BCUT2D eigenvalue weighted by Gasteiger charge is -2.13. The highest BCUT2D eigenvalue weighted by Gasteiger charge is 2.48. The molecule has 0 aliphatic carbocycles. The largest absolute Gasteiger partial charge is 0.475 e. The summed E-state index contributed by atoms with van der Waals surface area (Å²) in [6.45, 7) is -0.617. The van der Waals surface area contributed by atoms with Crippen molar-refractivity contribution in [2.45, 2.75) is 18.9 Å². The van der Waals surface area contributed by atoms with Crippen molar-refractivity contribution in [1.29, 1.82) is 0 Å². The van der Waals surface area contributed by atoms with Crippen molar-refractivity contribution in [2.24, 2.45) is 0 Å². The third-order valence-electron chi connectivity index (χ3n) is 1.87. The Hall–Kier alpha value is -2.06. The SMILES string of the molecule is O=C(O)c1ccc(CNC(=O)C(F)(F)C(F)F)o1. The molecular formula is C9H7F4NO4. The zero-order chi connectivity index (χ0) is 13.9. The Morgan fingerprint density at radius 2 is 2.00 bits per heavy atom. The third-order valence-corrected chi connectivity index (χ3v) is 1.87. The van der Waals surface area contributed by atoms with Gasteiger partial charge < -0.3 is 14.8 Å². The first-order valence-electron chi connectivity index (χ1n) is 4.51. The Balaban J connectivity index is 2.60. The van der Waals surface area contributed by atoms with Crippen LogP contribution >= 0.6 is 0 Å². The second-order valence-corrected chi connectivity index (χ2v) is 3.18. The lowest BCUT2D eigenvalue weighted by Crippen LogP contribution is -2.44. The van der Waals surface area contributed by atoms with Gasteiger partial charge in [0.2, 0.25) is 5.76 Å². The number of hydrogen-bond acceptors (Lipinski definition) is 3. The highest BCUT2D eigenvalue weighted by molar-refractivity contribution is 5.84. The molecule has 0 atom stereocenters. The van der Waals surface area contributed by atoms with Crippen molar-refractivity contribution in [3.63, 3.8) is 0 Å². The van der Waals surface area contributed by atoms with Crippen LogP contribution in [0, 0.1) is 0 Å². The average molecular weight is 269 g/mol. The third kappa shape index (κ3) is 2.99. The smallest absolute Gasteiger partial charge is 0.383 e. The van der Waals surface area contributed by atoms with Gasteiger partial charge in [-0.05, 0) is 12.1 Å². The van der Waals surface area contributed by atoms with Crippen molar-refractivity contribution in [3.05, 3.63) is 23.7 Å². The quantitative estimate of drug-likeness (QED) is 0.794. The van der Waals surface area contributed by atoms with Crippen LogP contribution in [-0.2, 0) is 11.3 Å². The minimum Gasteiger partial charge on any atom is -0.475 e. The van der Waals surface area contributed by atoms with E-state index in [1.165, 1.54) is 5.32 Å². The Bertz CT molecular complexity index is 457. The fraction of sp³-hybridized carbons (Fsp3) is 0.333. The number of carboxylic acid groups (broad SMARTS) is 1. The Kier molecular flexibility index (Phi) is 3.94. The summed E-state index contributed by atoms with van der Waals surface area (Å²) in [4.78, 5) is 21.1. The summed E-state index contributed by atoms with van der Waals surface area (Å²) in [6.07, 6.45) is -4.12. The van der Waals surface area contributed by atoms with Crippen molar-refractivity contribution >= 4 is 11.9 Å². The Morgan fingerprint density at radius 3 is 2.44 bits per heavy atom. The number of amides is 1. The van der Waals surface area contributed by atoms with Crippen molar-refractivity contribution in [2.75, 3.05) is 0 Å². The molecule has 0 fully saturated rings. The molecular weight excluding hydrogens is 262 g/mol. The molecule has 9 heteroatoms. The number of hydrogen-bond donors (Lipinski definition) is 2. The first-order valence-corrected chi connectivity index (χ1v) is 4.51. The van der Waals surface area contributed by atoms with Gasteiger partial charge in [0.25, 0.3) is 5.91 Å². The molecule has 5 nitrogen and oxygen atoms in total. The number of halogens is 4. The number of rotatable bonds is 5. The van der Waals surface area contributed by atoms with E-state index in [9.17, 15) is 27.2 Å². The molecule has 0 spiro atoms. The average Bonchev–Trinajstić information content (AvgIpc) is 2.74. The molecule has 100 valence electrons. The molecule has 2 N–H and O–H groups in total. The van der Waals surface area contributed by atoms with E-state index in [4.69, 9.17) is 5.11 Å². The minimum atomic E-state index is -4.80. The van der Waals surface area contributed by atoms with Crippen LogP contribution in [-0.4, -0.2) is 29.3 Å². The van der Waals surface area contributed by atoms with E-state index >= 15 is 0 Å². The van der Waals surface area contributed by atoms with Gasteiger partial charge in [-0.2, -0.15) is 8.78 Å². The summed E-state index contributed by atoms with van der Waals surface area (Å²) in [7, 11) is 0. The maximum atomic E-state index is 12.5. The summed E-state index contributed by atoms with van der Waals surface area (Å²) in [5, 5.41) is 9.99. The minimum absolute atomic E-state index is 0.147. The van der Waals surface area contributed by atoms with Crippen molar-refractivity contribution in [3.8, 4) is 0 Å². The summed E-state index contributed by atoms with van der Waals surface area (Å²) in [6, 6.07) is 2.15. The summed E-state index contributed by atoms with van der Waals surface area (Å²) in [5.74, 6) is -8.95. The van der Waals surface area contributed by atoms with Crippen LogP contribution in [0.1, 0.15) is 16.3 Å². The number of aromatic carboxylic acids is 1. The van der Waals surface area contributed by atoms with Crippen LogP contribution in [0.5, 0.6) is 0 Å². The van der Waals surface area contributed by atoms with Gasteiger partial charge >= 0.3 is 18.3 Å². The molecule has 1 aromatic rings. The molecule has 0 bridgehead atoms. The lowest BCUT2D eigenvalue weighted by atomic mass is 10.3. The van der Waals surface area contributed by atoms with Gasteiger partial charge in [0, 0.05) is 0 Å². The molecule has 0 aliphatic rings. The second kappa shape index (κ2) is 5.07. The maximum Gasteiger partial charge on any atom is 0.383 e. The fourth-order valence-electron chi connectivity index (χ4n) is 0.972. The number of nitrogens with one attached hydrogen (secondary N) is 1. The predicted molar refractivity (Wildman–Crippen MR) is 48.5 cm³/mol. The van der Waals surface area contributed by atoms with Gasteiger partial charge in [0.05, 0.1) is 6.54 Å². The first-order chi connectivity index (χ1) is 8.25. The number of alkyl halides is 4. The molecule has 0 aliphatic heterocycles. The van der Waals surface area contributed by atoms with E-state index < -0.39 is 36.5 Å². The highest BCUT2D eigenvalue weighted by atomic mass is 19.3. The van der Waals surface area contributed by atoms with E-state index in [0.29, 0.717) is 0 Å². The van der Waals surface area contributed by atoms with E-state index in [-0.39, 0.29) is 5.76 Å². The second-order valence-electron chi connectivity index (χ2n) is 3.18. The Morgan fingerprint density at radius 1 is 1.39 bits per heavy atom. The highest BCUT2D eigenvalue weighted by Crippen LogP contribution is 2.22. The molecule has 18 heavy (non-hydrogen) atoms. The monoisotopic (exact) mass is 269 g/mol. The molecule has 0 radical (unpaired) electrons. The standard InChI is InChI=1S/C9H7F4NO4/c10-7(11)9(12,13)8(17)14-3-4-1-2-5(18-4)6(15)16/h1-2,7H,3H2,(H,14,17)(H,15,16). The fourth-order valence-corrected chi connectivity index (χ4v) is 0.972. The van der Waals surface area contributed by atoms with E-state index in [1.54, 1.807) is 0 Å². The van der Waals surface area contributed by atoms with Crippen molar-refractivity contribution in [1.82, 2.24) is 5.32 Å². The molecule has 0 aromatic carbocycles. The number of furan rings is 1. The van der Waals surface area contributed by atoms with Gasteiger partial charge in [0.1, 0.15) is 5.76 Å².